The number of aromatic amines is 1. The van der Waals surface area contributed by atoms with Crippen LogP contribution in [0.2, 0.25) is 10.0 Å². The maximum atomic E-state index is 13.3. The van der Waals surface area contributed by atoms with Crippen LogP contribution in [0.3, 0.4) is 0 Å². The molecule has 1 aromatic heterocycles. The number of aromatic nitrogens is 1. The van der Waals surface area contributed by atoms with Gasteiger partial charge in [0.05, 0.1) is 23.7 Å². The van der Waals surface area contributed by atoms with Crippen molar-refractivity contribution in [2.24, 2.45) is 5.92 Å². The molecule has 1 unspecified atom stereocenters. The molecule has 2 heterocycles. The number of pyridine rings is 1. The molecule has 0 spiro atoms. The van der Waals surface area contributed by atoms with Crippen LogP contribution in [-0.2, 0) is 13.0 Å². The number of carbonyl (C=O) groups is 1. The minimum atomic E-state index is -0.216. The summed E-state index contributed by atoms with van der Waals surface area (Å²) >= 11 is 13.2. The van der Waals surface area contributed by atoms with Gasteiger partial charge in [0.25, 0.3) is 11.5 Å². The number of fused-ring (bicyclic) bond motifs is 1. The predicted octanol–water partition coefficient (Wildman–Crippen LogP) is 3.98. The van der Waals surface area contributed by atoms with Crippen LogP contribution in [0.25, 0.3) is 0 Å². The first-order chi connectivity index (χ1) is 13.8. The Morgan fingerprint density at radius 2 is 1.97 bits per heavy atom. The summed E-state index contributed by atoms with van der Waals surface area (Å²) in [6, 6.07) is 3.72. The van der Waals surface area contributed by atoms with Crippen molar-refractivity contribution in [3.63, 3.8) is 0 Å². The Labute approximate surface area is 179 Å². The quantitative estimate of drug-likeness (QED) is 0.746. The lowest BCUT2D eigenvalue weighted by atomic mass is 9.89. The van der Waals surface area contributed by atoms with Crippen LogP contribution in [0, 0.1) is 19.8 Å². The van der Waals surface area contributed by atoms with Gasteiger partial charge in [-0.1, -0.05) is 23.2 Å². The third kappa shape index (κ3) is 3.72. The number of carbonyl (C=O) groups excluding carboxylic acids is 1. The summed E-state index contributed by atoms with van der Waals surface area (Å²) in [5.41, 5.74) is 3.98. The minimum absolute atomic E-state index is 0.0185. The van der Waals surface area contributed by atoms with E-state index in [0.717, 1.165) is 35.2 Å². The van der Waals surface area contributed by atoms with Gasteiger partial charge in [-0.25, -0.2) is 0 Å². The topological polar surface area (TPSA) is 73.4 Å². The molecule has 2 aromatic rings. The van der Waals surface area contributed by atoms with Gasteiger partial charge in [0.1, 0.15) is 0 Å². The maximum Gasteiger partial charge on any atom is 0.256 e. The highest BCUT2D eigenvalue weighted by atomic mass is 35.5. The highest BCUT2D eigenvalue weighted by Gasteiger charge is 2.37. The van der Waals surface area contributed by atoms with Crippen molar-refractivity contribution < 1.29 is 9.90 Å². The molecule has 1 aliphatic heterocycles. The number of benzene rings is 1. The number of H-pyrrole nitrogens is 1. The van der Waals surface area contributed by atoms with Crippen LogP contribution in [0.4, 0.5) is 0 Å². The van der Waals surface area contributed by atoms with Crippen LogP contribution in [0.1, 0.15) is 57.1 Å². The third-order valence-electron chi connectivity index (χ3n) is 6.11. The highest BCUT2D eigenvalue weighted by molar-refractivity contribution is 6.37. The van der Waals surface area contributed by atoms with Gasteiger partial charge >= 0.3 is 0 Å². The molecule has 1 aliphatic carbocycles. The molecular formula is C22H24Cl2N2O3. The number of aliphatic hydroxyl groups excluding tert-OH is 1. The van der Waals surface area contributed by atoms with Crippen molar-refractivity contribution in [2.45, 2.75) is 45.6 Å². The van der Waals surface area contributed by atoms with Crippen molar-refractivity contribution in [1.82, 2.24) is 9.88 Å². The largest absolute Gasteiger partial charge is 0.396 e. The van der Waals surface area contributed by atoms with Gasteiger partial charge in [-0.05, 0) is 67.9 Å². The molecule has 0 radical (unpaired) electrons. The summed E-state index contributed by atoms with van der Waals surface area (Å²) in [7, 11) is 0. The van der Waals surface area contributed by atoms with Crippen molar-refractivity contribution >= 4 is 29.1 Å². The number of hydrogen-bond acceptors (Lipinski definition) is 3. The number of nitrogens with one attached hydrogen (secondary N) is 1. The van der Waals surface area contributed by atoms with E-state index in [2.05, 4.69) is 4.98 Å². The zero-order valence-electron chi connectivity index (χ0n) is 16.5. The number of aliphatic hydroxyl groups is 1. The molecule has 7 heteroatoms. The van der Waals surface area contributed by atoms with Crippen molar-refractivity contribution in [3.05, 3.63) is 66.0 Å². The molecule has 1 saturated carbocycles. The van der Waals surface area contributed by atoms with Gasteiger partial charge in [-0.15, -0.1) is 0 Å². The summed E-state index contributed by atoms with van der Waals surface area (Å²) in [5, 5.41) is 10.8. The van der Waals surface area contributed by atoms with E-state index < -0.39 is 0 Å². The second kappa shape index (κ2) is 7.78. The van der Waals surface area contributed by atoms with Gasteiger partial charge in [0, 0.05) is 28.7 Å². The maximum absolute atomic E-state index is 13.3. The number of nitrogens with zero attached hydrogens (tertiary/aromatic N) is 1. The van der Waals surface area contributed by atoms with E-state index in [9.17, 15) is 14.7 Å². The molecule has 1 amide bonds. The minimum Gasteiger partial charge on any atom is -0.396 e. The Hall–Kier alpha value is -1.82. The number of aryl methyl sites for hydroxylation is 2. The fourth-order valence-electron chi connectivity index (χ4n) is 4.35. The number of rotatable bonds is 5. The van der Waals surface area contributed by atoms with E-state index in [1.807, 2.05) is 26.0 Å². The standard InChI is InChI=1S/C22H24Cl2N2O3/c1-11-7-12(2)25-21(28)16(11)9-26-6-5-14-18(23)8-15(17(10-27)13-3-4-13)20(24)19(14)22(26)29/h7-8,13,17,27H,3-6,9-10H2,1-2H3,(H,25,28). The lowest BCUT2D eigenvalue weighted by Crippen LogP contribution is -2.39. The SMILES string of the molecule is Cc1cc(C)c(CN2CCc3c(Cl)cc(C(CO)C4CC4)c(Cl)c3C2=O)c(=O)[nH]1. The summed E-state index contributed by atoms with van der Waals surface area (Å²) in [5.74, 6) is 0.0673. The molecule has 2 aliphatic rings. The third-order valence-corrected chi connectivity index (χ3v) is 6.85. The molecule has 4 rings (SSSR count). The van der Waals surface area contributed by atoms with E-state index in [4.69, 9.17) is 23.2 Å². The monoisotopic (exact) mass is 434 g/mol. The van der Waals surface area contributed by atoms with Crippen molar-refractivity contribution in [3.8, 4) is 0 Å². The first-order valence-electron chi connectivity index (χ1n) is 9.92. The first kappa shape index (κ1) is 20.5. The molecule has 1 fully saturated rings. The summed E-state index contributed by atoms with van der Waals surface area (Å²) in [6.07, 6.45) is 2.67. The van der Waals surface area contributed by atoms with E-state index >= 15 is 0 Å². The Bertz CT molecular complexity index is 1040. The summed E-state index contributed by atoms with van der Waals surface area (Å²) in [4.78, 5) is 30.2. The van der Waals surface area contributed by atoms with Gasteiger partial charge in [-0.3, -0.25) is 9.59 Å². The van der Waals surface area contributed by atoms with E-state index in [1.165, 1.54) is 0 Å². The lowest BCUT2D eigenvalue weighted by Gasteiger charge is -2.31. The molecule has 0 bridgehead atoms. The average molecular weight is 435 g/mol. The summed E-state index contributed by atoms with van der Waals surface area (Å²) < 4.78 is 0. The Morgan fingerprint density at radius 1 is 1.24 bits per heavy atom. The fourth-order valence-corrected chi connectivity index (χ4v) is 5.04. The molecule has 29 heavy (non-hydrogen) atoms. The fraction of sp³-hybridized carbons (Fsp3) is 0.455. The smallest absolute Gasteiger partial charge is 0.256 e. The molecule has 1 aromatic carbocycles. The summed E-state index contributed by atoms with van der Waals surface area (Å²) in [6.45, 7) is 4.39. The second-order valence-corrected chi connectivity index (χ2v) is 8.95. The molecule has 5 nitrogen and oxygen atoms in total. The van der Waals surface area contributed by atoms with Gasteiger partial charge in [0.2, 0.25) is 0 Å². The zero-order valence-corrected chi connectivity index (χ0v) is 18.0. The number of halogens is 2. The van der Waals surface area contributed by atoms with E-state index in [-0.39, 0.29) is 30.5 Å². The van der Waals surface area contributed by atoms with Crippen LogP contribution >= 0.6 is 23.2 Å². The Morgan fingerprint density at radius 3 is 2.59 bits per heavy atom. The molecule has 154 valence electrons. The number of amides is 1. The predicted molar refractivity (Wildman–Crippen MR) is 114 cm³/mol. The molecular weight excluding hydrogens is 411 g/mol. The van der Waals surface area contributed by atoms with Crippen LogP contribution in [0.15, 0.2) is 16.9 Å². The highest BCUT2D eigenvalue weighted by Crippen LogP contribution is 2.47. The number of hydrogen-bond donors (Lipinski definition) is 2. The molecule has 2 N–H and O–H groups in total. The van der Waals surface area contributed by atoms with E-state index in [0.29, 0.717) is 40.1 Å². The normalized spacial score (nSPS) is 17.4. The average Bonchev–Trinajstić information content (AvgIpc) is 3.49. The van der Waals surface area contributed by atoms with Crippen LogP contribution in [-0.4, -0.2) is 34.0 Å². The Kier molecular flexibility index (Phi) is 5.49. The molecule has 0 saturated heterocycles. The van der Waals surface area contributed by atoms with E-state index in [1.54, 1.807) is 4.90 Å². The first-order valence-corrected chi connectivity index (χ1v) is 10.7. The van der Waals surface area contributed by atoms with Gasteiger partial charge < -0.3 is 15.0 Å². The lowest BCUT2D eigenvalue weighted by molar-refractivity contribution is 0.0726. The molecule has 1 atom stereocenters. The van der Waals surface area contributed by atoms with Gasteiger partial charge in [0.15, 0.2) is 0 Å². The van der Waals surface area contributed by atoms with Crippen molar-refractivity contribution in [1.29, 1.82) is 0 Å². The Balaban J connectivity index is 1.72. The van der Waals surface area contributed by atoms with Crippen LogP contribution in [0.5, 0.6) is 0 Å². The second-order valence-electron chi connectivity index (χ2n) is 8.16. The zero-order chi connectivity index (χ0) is 20.9. The van der Waals surface area contributed by atoms with Gasteiger partial charge in [-0.2, -0.15) is 0 Å². The van der Waals surface area contributed by atoms with Crippen molar-refractivity contribution in [2.75, 3.05) is 13.2 Å². The van der Waals surface area contributed by atoms with Crippen LogP contribution < -0.4 is 5.56 Å².